The maximum absolute atomic E-state index is 11.9. The van der Waals surface area contributed by atoms with Crippen LogP contribution in [-0.4, -0.2) is 24.5 Å². The van der Waals surface area contributed by atoms with Gasteiger partial charge in [-0.25, -0.2) is 0 Å². The van der Waals surface area contributed by atoms with Crippen molar-refractivity contribution in [2.24, 2.45) is 0 Å². The van der Waals surface area contributed by atoms with Crippen molar-refractivity contribution >= 4 is 29.2 Å². The minimum absolute atomic E-state index is 0.0196. The van der Waals surface area contributed by atoms with Gasteiger partial charge in [0.15, 0.2) is 6.61 Å². The van der Waals surface area contributed by atoms with Crippen LogP contribution in [0.15, 0.2) is 18.2 Å². The summed E-state index contributed by atoms with van der Waals surface area (Å²) in [5, 5.41) is 0. The number of aryl methyl sites for hydroxylation is 2. The summed E-state index contributed by atoms with van der Waals surface area (Å²) >= 11 is 5.82. The molecule has 4 nitrogen and oxygen atoms in total. The van der Waals surface area contributed by atoms with E-state index >= 15 is 0 Å². The van der Waals surface area contributed by atoms with E-state index in [9.17, 15) is 9.59 Å². The van der Waals surface area contributed by atoms with Gasteiger partial charge in [-0.1, -0.05) is 18.2 Å². The molecule has 0 heterocycles. The number of hydrogen-bond donors (Lipinski definition) is 0. The summed E-state index contributed by atoms with van der Waals surface area (Å²) in [6.07, 6.45) is 0. The van der Waals surface area contributed by atoms with Crippen LogP contribution < -0.4 is 4.90 Å². The summed E-state index contributed by atoms with van der Waals surface area (Å²) in [6, 6.07) is 5.74. The molecular weight excluding hydrogens is 254 g/mol. The van der Waals surface area contributed by atoms with Crippen molar-refractivity contribution in [2.45, 2.75) is 20.8 Å². The Morgan fingerprint density at radius 1 is 1.28 bits per heavy atom. The van der Waals surface area contributed by atoms with Crippen LogP contribution in [0.4, 0.5) is 5.69 Å². The first-order valence-electron chi connectivity index (χ1n) is 5.53. The van der Waals surface area contributed by atoms with Crippen LogP contribution in [0.5, 0.6) is 0 Å². The molecule has 0 saturated carbocycles. The number of amides is 1. The molecule has 0 aromatic heterocycles. The van der Waals surface area contributed by atoms with E-state index < -0.39 is 5.97 Å². The van der Waals surface area contributed by atoms with Crippen LogP contribution in [0.3, 0.4) is 0 Å². The number of carbonyl (C=O) groups is 2. The number of esters is 1. The standard InChI is InChI=1S/C13H16ClNO3/c1-9-5-4-6-10(2)13(9)15(8-14)12(17)7-18-11(3)16/h4-6H,7-8H2,1-3H3. The molecular formula is C13H16ClNO3. The Hall–Kier alpha value is -1.55. The fraction of sp³-hybridized carbons (Fsp3) is 0.385. The predicted octanol–water partition coefficient (Wildman–Crippen LogP) is 2.40. The number of benzene rings is 1. The van der Waals surface area contributed by atoms with E-state index in [-0.39, 0.29) is 18.5 Å². The van der Waals surface area contributed by atoms with E-state index in [1.165, 1.54) is 11.8 Å². The molecule has 0 N–H and O–H groups in total. The molecule has 1 aromatic carbocycles. The third-order valence-electron chi connectivity index (χ3n) is 2.53. The number of carbonyl (C=O) groups excluding carboxylic acids is 2. The summed E-state index contributed by atoms with van der Waals surface area (Å²) < 4.78 is 4.70. The Bertz CT molecular complexity index is 439. The van der Waals surface area contributed by atoms with Crippen molar-refractivity contribution < 1.29 is 14.3 Å². The molecule has 1 aromatic rings. The fourth-order valence-corrected chi connectivity index (χ4v) is 1.98. The highest BCUT2D eigenvalue weighted by Gasteiger charge is 2.19. The number of halogens is 1. The lowest BCUT2D eigenvalue weighted by Gasteiger charge is -2.23. The Morgan fingerprint density at radius 3 is 2.28 bits per heavy atom. The van der Waals surface area contributed by atoms with E-state index in [0.717, 1.165) is 16.8 Å². The molecule has 0 aliphatic rings. The van der Waals surface area contributed by atoms with Gasteiger partial charge in [-0.15, -0.1) is 11.6 Å². The molecule has 0 atom stereocenters. The van der Waals surface area contributed by atoms with Gasteiger partial charge in [0.05, 0.1) is 5.69 Å². The summed E-state index contributed by atoms with van der Waals surface area (Å²) in [4.78, 5) is 24.1. The van der Waals surface area contributed by atoms with Crippen LogP contribution >= 0.6 is 11.6 Å². The number of ether oxygens (including phenoxy) is 1. The van der Waals surface area contributed by atoms with Crippen molar-refractivity contribution in [3.05, 3.63) is 29.3 Å². The van der Waals surface area contributed by atoms with Crippen LogP contribution in [0.2, 0.25) is 0 Å². The van der Waals surface area contributed by atoms with Crippen molar-refractivity contribution in [3.63, 3.8) is 0 Å². The van der Waals surface area contributed by atoms with Gasteiger partial charge in [-0.3, -0.25) is 14.5 Å². The third kappa shape index (κ3) is 3.47. The molecule has 0 radical (unpaired) electrons. The van der Waals surface area contributed by atoms with Crippen LogP contribution in [-0.2, 0) is 14.3 Å². The van der Waals surface area contributed by atoms with Crippen molar-refractivity contribution in [1.82, 2.24) is 0 Å². The molecule has 1 rings (SSSR count). The highest BCUT2D eigenvalue weighted by atomic mass is 35.5. The summed E-state index contributed by atoms with van der Waals surface area (Å²) in [7, 11) is 0. The minimum atomic E-state index is -0.487. The molecule has 0 aliphatic carbocycles. The van der Waals surface area contributed by atoms with Gasteiger partial charge < -0.3 is 4.74 Å². The van der Waals surface area contributed by atoms with Crippen molar-refractivity contribution in [2.75, 3.05) is 17.5 Å². The topological polar surface area (TPSA) is 46.6 Å². The van der Waals surface area contributed by atoms with E-state index in [0.29, 0.717) is 0 Å². The van der Waals surface area contributed by atoms with Gasteiger partial charge in [0.25, 0.3) is 5.91 Å². The quantitative estimate of drug-likeness (QED) is 0.479. The van der Waals surface area contributed by atoms with Crippen molar-refractivity contribution in [3.8, 4) is 0 Å². The van der Waals surface area contributed by atoms with E-state index in [4.69, 9.17) is 16.3 Å². The normalized spacial score (nSPS) is 10.0. The summed E-state index contributed by atoms with van der Waals surface area (Å²) in [5.41, 5.74) is 2.67. The number of hydrogen-bond acceptors (Lipinski definition) is 3. The number of rotatable bonds is 4. The number of alkyl halides is 1. The second kappa shape index (κ2) is 6.40. The average molecular weight is 270 g/mol. The molecule has 1 amide bonds. The molecule has 0 bridgehead atoms. The SMILES string of the molecule is CC(=O)OCC(=O)N(CCl)c1c(C)cccc1C. The number of anilines is 1. The molecule has 0 aliphatic heterocycles. The molecule has 0 unspecified atom stereocenters. The van der Waals surface area contributed by atoms with Crippen LogP contribution in [0, 0.1) is 13.8 Å². The summed E-state index contributed by atoms with van der Waals surface area (Å²) in [6.45, 7) is 4.77. The minimum Gasteiger partial charge on any atom is -0.456 e. The van der Waals surface area contributed by atoms with E-state index in [1.54, 1.807) is 0 Å². The fourth-order valence-electron chi connectivity index (χ4n) is 1.72. The summed E-state index contributed by atoms with van der Waals surface area (Å²) in [5.74, 6) is -0.822. The zero-order valence-corrected chi connectivity index (χ0v) is 11.5. The molecule has 18 heavy (non-hydrogen) atoms. The molecule has 5 heteroatoms. The molecule has 0 saturated heterocycles. The van der Waals surface area contributed by atoms with Gasteiger partial charge in [-0.05, 0) is 25.0 Å². The maximum atomic E-state index is 11.9. The van der Waals surface area contributed by atoms with E-state index in [1.807, 2.05) is 32.0 Å². The lowest BCUT2D eigenvalue weighted by molar-refractivity contribution is -0.145. The lowest BCUT2D eigenvalue weighted by Crippen LogP contribution is -2.34. The van der Waals surface area contributed by atoms with Gasteiger partial charge in [0.2, 0.25) is 0 Å². The Kier molecular flexibility index (Phi) is 5.16. The average Bonchev–Trinajstić information content (AvgIpc) is 2.31. The Balaban J connectivity index is 2.95. The maximum Gasteiger partial charge on any atom is 0.303 e. The first-order chi connectivity index (χ1) is 8.47. The Labute approximate surface area is 111 Å². The highest BCUT2D eigenvalue weighted by molar-refractivity contribution is 6.21. The zero-order chi connectivity index (χ0) is 13.7. The largest absolute Gasteiger partial charge is 0.456 e. The van der Waals surface area contributed by atoms with Crippen molar-refractivity contribution in [1.29, 1.82) is 0 Å². The van der Waals surface area contributed by atoms with Crippen LogP contribution in [0.25, 0.3) is 0 Å². The number of nitrogens with zero attached hydrogens (tertiary/aromatic N) is 1. The highest BCUT2D eigenvalue weighted by Crippen LogP contribution is 2.25. The van der Waals surface area contributed by atoms with Gasteiger partial charge in [0, 0.05) is 6.92 Å². The third-order valence-corrected chi connectivity index (χ3v) is 2.77. The van der Waals surface area contributed by atoms with Gasteiger partial charge >= 0.3 is 5.97 Å². The first kappa shape index (κ1) is 14.5. The van der Waals surface area contributed by atoms with E-state index in [2.05, 4.69) is 0 Å². The lowest BCUT2D eigenvalue weighted by atomic mass is 10.1. The first-order valence-corrected chi connectivity index (χ1v) is 6.06. The van der Waals surface area contributed by atoms with Crippen LogP contribution in [0.1, 0.15) is 18.1 Å². The number of para-hydroxylation sites is 1. The molecule has 0 fully saturated rings. The molecule has 98 valence electrons. The second-order valence-corrected chi connectivity index (χ2v) is 4.20. The zero-order valence-electron chi connectivity index (χ0n) is 10.7. The smallest absolute Gasteiger partial charge is 0.303 e. The predicted molar refractivity (Wildman–Crippen MR) is 70.8 cm³/mol. The Morgan fingerprint density at radius 2 is 1.83 bits per heavy atom. The second-order valence-electron chi connectivity index (χ2n) is 3.96. The molecule has 0 spiro atoms. The monoisotopic (exact) mass is 269 g/mol. The van der Waals surface area contributed by atoms with Gasteiger partial charge in [-0.2, -0.15) is 0 Å². The van der Waals surface area contributed by atoms with Gasteiger partial charge in [0.1, 0.15) is 6.00 Å².